The predicted molar refractivity (Wildman–Crippen MR) is 91.1 cm³/mol. The van der Waals surface area contributed by atoms with Crippen molar-refractivity contribution in [3.8, 4) is 22.4 Å². The molecule has 5 nitrogen and oxygen atoms in total. The van der Waals surface area contributed by atoms with Crippen LogP contribution in [0.25, 0.3) is 22.4 Å². The van der Waals surface area contributed by atoms with Gasteiger partial charge in [0, 0.05) is 15.6 Å². The Morgan fingerprint density at radius 3 is 2.46 bits per heavy atom. The SMILES string of the molecule is Cc1onc(-c2ccc(Br)cc2)c1-c1cc(F)ccc1S(N)(=O)=O. The summed E-state index contributed by atoms with van der Waals surface area (Å²) in [4.78, 5) is -0.187. The van der Waals surface area contributed by atoms with E-state index in [-0.39, 0.29) is 10.5 Å². The first-order valence-corrected chi connectivity index (χ1v) is 9.16. The zero-order valence-electron chi connectivity index (χ0n) is 12.5. The summed E-state index contributed by atoms with van der Waals surface area (Å²) in [6, 6.07) is 10.5. The minimum atomic E-state index is -4.04. The van der Waals surface area contributed by atoms with Gasteiger partial charge in [-0.3, -0.25) is 0 Å². The highest BCUT2D eigenvalue weighted by molar-refractivity contribution is 9.10. The van der Waals surface area contributed by atoms with Crippen LogP contribution in [0, 0.1) is 12.7 Å². The Hall–Kier alpha value is -2.03. The fourth-order valence-corrected chi connectivity index (χ4v) is 3.43. The third-order valence-electron chi connectivity index (χ3n) is 3.50. The second-order valence-electron chi connectivity index (χ2n) is 5.15. The molecule has 0 radical (unpaired) electrons. The van der Waals surface area contributed by atoms with Gasteiger partial charge >= 0.3 is 0 Å². The van der Waals surface area contributed by atoms with E-state index in [1.807, 2.05) is 12.1 Å². The number of hydrogen-bond donors (Lipinski definition) is 1. The molecule has 8 heteroatoms. The zero-order valence-corrected chi connectivity index (χ0v) is 14.9. The maximum Gasteiger partial charge on any atom is 0.238 e. The van der Waals surface area contributed by atoms with Gasteiger partial charge in [0.2, 0.25) is 10.0 Å². The lowest BCUT2D eigenvalue weighted by Crippen LogP contribution is -2.13. The van der Waals surface area contributed by atoms with E-state index in [0.29, 0.717) is 22.6 Å². The molecule has 3 rings (SSSR count). The van der Waals surface area contributed by atoms with E-state index in [9.17, 15) is 12.8 Å². The summed E-state index contributed by atoms with van der Waals surface area (Å²) in [6.07, 6.45) is 0. The summed E-state index contributed by atoms with van der Waals surface area (Å²) in [7, 11) is -4.04. The fourth-order valence-electron chi connectivity index (χ4n) is 2.44. The van der Waals surface area contributed by atoms with E-state index in [1.54, 1.807) is 19.1 Å². The number of halogens is 2. The summed E-state index contributed by atoms with van der Waals surface area (Å²) in [5.41, 5.74) is 1.63. The van der Waals surface area contributed by atoms with Gasteiger partial charge in [0.1, 0.15) is 17.3 Å². The largest absolute Gasteiger partial charge is 0.360 e. The molecule has 0 unspecified atom stereocenters. The zero-order chi connectivity index (χ0) is 17.5. The highest BCUT2D eigenvalue weighted by Gasteiger charge is 2.23. The molecule has 0 saturated carbocycles. The van der Waals surface area contributed by atoms with Crippen molar-refractivity contribution in [2.45, 2.75) is 11.8 Å². The number of aromatic nitrogens is 1. The van der Waals surface area contributed by atoms with Crippen molar-refractivity contribution in [1.82, 2.24) is 5.16 Å². The molecule has 0 aliphatic heterocycles. The second-order valence-corrected chi connectivity index (χ2v) is 7.60. The van der Waals surface area contributed by atoms with E-state index in [2.05, 4.69) is 21.1 Å². The summed E-state index contributed by atoms with van der Waals surface area (Å²) >= 11 is 3.34. The molecule has 0 amide bonds. The Morgan fingerprint density at radius 2 is 1.83 bits per heavy atom. The molecule has 24 heavy (non-hydrogen) atoms. The minimum Gasteiger partial charge on any atom is -0.360 e. The van der Waals surface area contributed by atoms with Crippen LogP contribution in [-0.2, 0) is 10.0 Å². The first kappa shape index (κ1) is 16.8. The summed E-state index contributed by atoms with van der Waals surface area (Å²) in [5.74, 6) is -0.219. The predicted octanol–water partition coefficient (Wildman–Crippen LogP) is 3.87. The van der Waals surface area contributed by atoms with Crippen LogP contribution in [0.3, 0.4) is 0 Å². The molecule has 3 aromatic rings. The van der Waals surface area contributed by atoms with Gasteiger partial charge in [-0.05, 0) is 37.3 Å². The molecule has 0 aliphatic carbocycles. The monoisotopic (exact) mass is 410 g/mol. The lowest BCUT2D eigenvalue weighted by molar-refractivity contribution is 0.400. The highest BCUT2D eigenvalue weighted by Crippen LogP contribution is 2.38. The topological polar surface area (TPSA) is 86.2 Å². The van der Waals surface area contributed by atoms with Crippen LogP contribution in [0.2, 0.25) is 0 Å². The van der Waals surface area contributed by atoms with Gasteiger partial charge in [-0.2, -0.15) is 0 Å². The number of sulfonamides is 1. The number of nitrogens with two attached hydrogens (primary N) is 1. The molecular formula is C16H12BrFN2O3S. The van der Waals surface area contributed by atoms with Crippen LogP contribution in [0.4, 0.5) is 4.39 Å². The Balaban J connectivity index is 2.31. The smallest absolute Gasteiger partial charge is 0.238 e. The molecule has 0 atom stereocenters. The highest BCUT2D eigenvalue weighted by atomic mass is 79.9. The quantitative estimate of drug-likeness (QED) is 0.709. The van der Waals surface area contributed by atoms with Crippen LogP contribution in [0.5, 0.6) is 0 Å². The van der Waals surface area contributed by atoms with Crippen LogP contribution in [0.15, 0.2) is 56.4 Å². The van der Waals surface area contributed by atoms with E-state index in [0.717, 1.165) is 22.7 Å². The standard InChI is InChI=1S/C16H12BrFN2O3S/c1-9-15(13-8-12(18)6-7-14(13)24(19,21)22)16(20-23-9)10-2-4-11(17)5-3-10/h2-8H,1H3,(H2,19,21,22). The van der Waals surface area contributed by atoms with Crippen molar-refractivity contribution >= 4 is 26.0 Å². The van der Waals surface area contributed by atoms with Gasteiger partial charge < -0.3 is 4.52 Å². The molecule has 2 N–H and O–H groups in total. The van der Waals surface area contributed by atoms with Crippen molar-refractivity contribution in [1.29, 1.82) is 0 Å². The first-order valence-electron chi connectivity index (χ1n) is 6.82. The third kappa shape index (κ3) is 3.12. The molecule has 1 aromatic heterocycles. The van der Waals surface area contributed by atoms with Crippen molar-refractivity contribution in [3.05, 3.63) is 58.5 Å². The van der Waals surface area contributed by atoms with Gasteiger partial charge in [-0.1, -0.05) is 33.2 Å². The summed E-state index contributed by atoms with van der Waals surface area (Å²) in [5, 5.41) is 9.26. The minimum absolute atomic E-state index is 0.120. The normalized spacial score (nSPS) is 11.7. The first-order chi connectivity index (χ1) is 11.3. The van der Waals surface area contributed by atoms with Gasteiger partial charge in [0.05, 0.1) is 10.5 Å². The van der Waals surface area contributed by atoms with Crippen LogP contribution in [-0.4, -0.2) is 13.6 Å². The maximum atomic E-state index is 13.8. The van der Waals surface area contributed by atoms with Crippen LogP contribution in [0.1, 0.15) is 5.76 Å². The molecule has 0 fully saturated rings. The molecule has 0 saturated heterocycles. The van der Waals surface area contributed by atoms with Gasteiger partial charge in [0.25, 0.3) is 0 Å². The average Bonchev–Trinajstić information content (AvgIpc) is 2.88. The Morgan fingerprint density at radius 1 is 1.17 bits per heavy atom. The molecule has 0 bridgehead atoms. The Kier molecular flexibility index (Phi) is 4.29. The van der Waals surface area contributed by atoms with Gasteiger partial charge in [-0.15, -0.1) is 0 Å². The van der Waals surface area contributed by atoms with E-state index < -0.39 is 15.8 Å². The molecule has 0 aliphatic rings. The third-order valence-corrected chi connectivity index (χ3v) is 5.00. The molecule has 124 valence electrons. The summed E-state index contributed by atoms with van der Waals surface area (Å²) < 4.78 is 43.6. The number of benzene rings is 2. The number of aryl methyl sites for hydroxylation is 1. The number of nitrogens with zero attached hydrogens (tertiary/aromatic N) is 1. The second kappa shape index (κ2) is 6.12. The molecular weight excluding hydrogens is 399 g/mol. The Bertz CT molecular complexity index is 1010. The number of primary sulfonamides is 1. The van der Waals surface area contributed by atoms with Crippen molar-refractivity contribution < 1.29 is 17.3 Å². The number of rotatable bonds is 3. The lowest BCUT2D eigenvalue weighted by atomic mass is 9.99. The molecule has 2 aromatic carbocycles. The van der Waals surface area contributed by atoms with Gasteiger partial charge in [-0.25, -0.2) is 17.9 Å². The van der Waals surface area contributed by atoms with Crippen molar-refractivity contribution in [2.24, 2.45) is 5.14 Å². The van der Waals surface area contributed by atoms with E-state index >= 15 is 0 Å². The van der Waals surface area contributed by atoms with Crippen molar-refractivity contribution in [3.63, 3.8) is 0 Å². The summed E-state index contributed by atoms with van der Waals surface area (Å²) in [6.45, 7) is 1.63. The maximum absolute atomic E-state index is 13.8. The fraction of sp³-hybridized carbons (Fsp3) is 0.0625. The van der Waals surface area contributed by atoms with Gasteiger partial charge in [0.15, 0.2) is 0 Å². The Labute approximate surface area is 146 Å². The average molecular weight is 411 g/mol. The molecule has 1 heterocycles. The van der Waals surface area contributed by atoms with Crippen molar-refractivity contribution in [2.75, 3.05) is 0 Å². The van der Waals surface area contributed by atoms with Crippen LogP contribution < -0.4 is 5.14 Å². The van der Waals surface area contributed by atoms with E-state index in [1.165, 1.54) is 0 Å². The number of hydrogen-bond acceptors (Lipinski definition) is 4. The van der Waals surface area contributed by atoms with Crippen LogP contribution >= 0.6 is 15.9 Å². The lowest BCUT2D eigenvalue weighted by Gasteiger charge is -2.09. The van der Waals surface area contributed by atoms with E-state index in [4.69, 9.17) is 9.66 Å². The molecule has 0 spiro atoms.